The number of rotatable bonds is 6. The molecule has 62 heavy (non-hydrogen) atoms. The van der Waals surface area contributed by atoms with Gasteiger partial charge in [-0.25, -0.2) is 4.98 Å². The topological polar surface area (TPSA) is 50.9 Å². The first-order valence-corrected chi connectivity index (χ1v) is 21.2. The minimum absolute atomic E-state index is 0.185. The van der Waals surface area contributed by atoms with Gasteiger partial charge in [0, 0.05) is 40.8 Å². The molecule has 4 heteroatoms. The van der Waals surface area contributed by atoms with Gasteiger partial charge in [0.15, 0.2) is 0 Å². The molecule has 8 aromatic rings. The molecule has 0 aliphatic rings. The maximum Gasteiger partial charge on any atom is 0.149 e. The molecule has 0 aliphatic carbocycles. The third-order valence-electron chi connectivity index (χ3n) is 11.8. The molecular formula is C58H61N3O. The fourth-order valence-corrected chi connectivity index (χ4v) is 8.14. The zero-order valence-corrected chi connectivity index (χ0v) is 37.1. The molecule has 0 fully saturated rings. The summed E-state index contributed by atoms with van der Waals surface area (Å²) in [4.78, 5) is 10.4. The highest BCUT2D eigenvalue weighted by Gasteiger charge is 2.29. The van der Waals surface area contributed by atoms with Crippen LogP contribution in [-0.4, -0.2) is 19.6 Å². The number of aromatic hydroxyl groups is 1. The molecule has 0 aliphatic heterocycles. The number of pyridine rings is 1. The van der Waals surface area contributed by atoms with Crippen molar-refractivity contribution in [2.45, 2.75) is 105 Å². The summed E-state index contributed by atoms with van der Waals surface area (Å²) >= 11 is 0. The Morgan fingerprint density at radius 1 is 0.484 bits per heavy atom. The summed E-state index contributed by atoms with van der Waals surface area (Å²) in [7, 11) is 0. The Labute approximate surface area is 382 Å². The molecule has 0 spiro atoms. The van der Waals surface area contributed by atoms with Crippen molar-refractivity contribution in [1.29, 1.82) is 0 Å². The summed E-state index contributed by atoms with van der Waals surface area (Å²) in [6, 6.07) is 44.8. The molecule has 2 heterocycles. The average Bonchev–Trinajstić information content (AvgIpc) is 3.66. The number of fused-ring (bicyclic) bond motifs is 1. The van der Waals surface area contributed by atoms with Gasteiger partial charge in [-0.15, -0.1) is 0 Å². The highest BCUT2D eigenvalue weighted by atomic mass is 16.3. The second-order valence-corrected chi connectivity index (χ2v) is 19.6. The summed E-state index contributed by atoms with van der Waals surface area (Å²) < 4.78 is 76.0. The molecule has 0 amide bonds. The largest absolute Gasteiger partial charge is 0.507 e. The third-order valence-corrected chi connectivity index (χ3v) is 11.8. The quantitative estimate of drug-likeness (QED) is 0.182. The van der Waals surface area contributed by atoms with Gasteiger partial charge in [-0.1, -0.05) is 180 Å². The predicted molar refractivity (Wildman–Crippen MR) is 263 cm³/mol. The Balaban J connectivity index is 1.35. The summed E-state index contributed by atoms with van der Waals surface area (Å²) in [5.41, 5.74) is 8.38. The minimum Gasteiger partial charge on any atom is -0.507 e. The molecule has 8 rings (SSSR count). The van der Waals surface area contributed by atoms with Gasteiger partial charge in [-0.05, 0) is 103 Å². The average molecular weight is 825 g/mol. The third kappa shape index (κ3) is 8.23. The van der Waals surface area contributed by atoms with Crippen LogP contribution in [0.25, 0.3) is 72.7 Å². The van der Waals surface area contributed by atoms with Gasteiger partial charge in [0.1, 0.15) is 11.6 Å². The number of imidazole rings is 1. The van der Waals surface area contributed by atoms with E-state index in [0.717, 1.165) is 61.2 Å². The van der Waals surface area contributed by atoms with E-state index in [1.54, 1.807) is 24.4 Å². The second kappa shape index (κ2) is 15.6. The number of hydrogen-bond acceptors (Lipinski definition) is 3. The molecule has 2 aromatic heterocycles. The smallest absolute Gasteiger partial charge is 0.149 e. The summed E-state index contributed by atoms with van der Waals surface area (Å²) in [5, 5.41) is 12.4. The highest BCUT2D eigenvalue weighted by Crippen LogP contribution is 2.46. The van der Waals surface area contributed by atoms with Crippen LogP contribution in [0.15, 0.2) is 146 Å². The van der Waals surface area contributed by atoms with Crippen molar-refractivity contribution < 1.29 is 17.4 Å². The van der Waals surface area contributed by atoms with Crippen LogP contribution in [0, 0.1) is 0 Å². The molecule has 0 saturated heterocycles. The Morgan fingerprint density at radius 2 is 1.13 bits per heavy atom. The van der Waals surface area contributed by atoms with Crippen molar-refractivity contribution in [3.63, 3.8) is 0 Å². The molecule has 0 bridgehead atoms. The van der Waals surface area contributed by atoms with Crippen LogP contribution in [-0.2, 0) is 21.7 Å². The van der Waals surface area contributed by atoms with Gasteiger partial charge >= 0.3 is 0 Å². The lowest BCUT2D eigenvalue weighted by molar-refractivity contribution is 0.446. The lowest BCUT2D eigenvalue weighted by atomic mass is 9.79. The lowest BCUT2D eigenvalue weighted by Crippen LogP contribution is -2.17. The Hall–Kier alpha value is -6.26. The van der Waals surface area contributed by atoms with Gasteiger partial charge < -0.3 is 5.11 Å². The van der Waals surface area contributed by atoms with E-state index < -0.39 is 26.0 Å². The van der Waals surface area contributed by atoms with E-state index in [2.05, 4.69) is 134 Å². The van der Waals surface area contributed by atoms with Crippen LogP contribution < -0.4 is 0 Å². The maximum atomic E-state index is 12.4. The fraction of sp³-hybridized carbons (Fsp3) is 0.276. The van der Waals surface area contributed by atoms with E-state index in [4.69, 9.17) is 22.3 Å². The van der Waals surface area contributed by atoms with E-state index in [-0.39, 0.29) is 27.6 Å². The number of aromatic nitrogens is 3. The SMILES string of the molecule is [2H]C([2H])([2H])C(c1ccc(-c2ccnc(-c3cc(-c4cccc5c4nc(-c4cc(C(C)(C)C)cc(C(C)(C)C)c4O)n5-c4ccccc4-c4ccccc4)cc(C(C)(C)C)c3)c2)cc1)(C([2H])([2H])[2H])C([2H])([2H])[2H]. The van der Waals surface area contributed by atoms with E-state index >= 15 is 0 Å². The van der Waals surface area contributed by atoms with Crippen LogP contribution >= 0.6 is 0 Å². The first kappa shape index (κ1) is 32.5. The fourth-order valence-electron chi connectivity index (χ4n) is 8.14. The first-order chi connectivity index (χ1) is 32.9. The molecule has 4 nitrogen and oxygen atoms in total. The van der Waals surface area contributed by atoms with Crippen molar-refractivity contribution in [3.8, 4) is 67.5 Å². The van der Waals surface area contributed by atoms with E-state index in [0.29, 0.717) is 28.2 Å². The highest BCUT2D eigenvalue weighted by molar-refractivity contribution is 5.98. The summed E-state index contributed by atoms with van der Waals surface area (Å²) in [6.07, 6.45) is 1.68. The van der Waals surface area contributed by atoms with Gasteiger partial charge in [0.2, 0.25) is 0 Å². The van der Waals surface area contributed by atoms with E-state index in [1.807, 2.05) is 42.5 Å². The van der Waals surface area contributed by atoms with Crippen LogP contribution in [0.2, 0.25) is 0 Å². The predicted octanol–water partition coefficient (Wildman–Crippen LogP) is 15.7. The van der Waals surface area contributed by atoms with Crippen molar-refractivity contribution in [3.05, 3.63) is 168 Å². The van der Waals surface area contributed by atoms with Gasteiger partial charge in [-0.2, -0.15) is 0 Å². The monoisotopic (exact) mass is 825 g/mol. The van der Waals surface area contributed by atoms with Crippen molar-refractivity contribution in [2.75, 3.05) is 0 Å². The molecule has 6 aromatic carbocycles. The van der Waals surface area contributed by atoms with Crippen LogP contribution in [0.4, 0.5) is 0 Å². The first-order valence-electron chi connectivity index (χ1n) is 25.7. The van der Waals surface area contributed by atoms with Crippen molar-refractivity contribution in [1.82, 2.24) is 14.5 Å². The van der Waals surface area contributed by atoms with Gasteiger partial charge in [0.25, 0.3) is 0 Å². The van der Waals surface area contributed by atoms with E-state index in [1.165, 1.54) is 12.1 Å². The van der Waals surface area contributed by atoms with Crippen molar-refractivity contribution >= 4 is 11.0 Å². The number of phenols is 1. The molecular weight excluding hydrogens is 755 g/mol. The molecule has 314 valence electrons. The number of hydrogen-bond donors (Lipinski definition) is 1. The van der Waals surface area contributed by atoms with Crippen LogP contribution in [0.1, 0.15) is 117 Å². The molecule has 0 saturated carbocycles. The number of nitrogens with zero attached hydrogens (tertiary/aromatic N) is 3. The maximum absolute atomic E-state index is 12.4. The summed E-state index contributed by atoms with van der Waals surface area (Å²) in [6.45, 7) is 9.26. The zero-order chi connectivity index (χ0) is 51.9. The summed E-state index contributed by atoms with van der Waals surface area (Å²) in [5.74, 6) is 0.788. The lowest BCUT2D eigenvalue weighted by Gasteiger charge is -2.27. The molecule has 1 N–H and O–H groups in total. The van der Waals surface area contributed by atoms with Gasteiger partial charge in [-0.3, -0.25) is 9.55 Å². The van der Waals surface area contributed by atoms with Crippen LogP contribution in [0.5, 0.6) is 5.75 Å². The minimum atomic E-state index is -3.36. The number of para-hydroxylation sites is 2. The Morgan fingerprint density at radius 3 is 1.81 bits per heavy atom. The Bertz CT molecular complexity index is 3240. The standard InChI is InChI=1S/C58H61N3O/c1-55(2,3)42-27-25-37(26-28-42)39-29-30-59-49(34-39)41-31-40(32-43(33-41)56(4,5)6)46-22-18-24-51-52(46)60-54(47-35-44(57(7,8)9)36-48(53(47)62)58(10,11)12)61(51)50-23-17-16-21-45(50)38-19-14-13-15-20-38/h13-36,62H,1-12H3/i1D3,2D3,3D3. The number of benzene rings is 6. The molecule has 0 unspecified atom stereocenters. The Kier molecular flexibility index (Phi) is 8.15. The normalized spacial score (nSPS) is 15.3. The van der Waals surface area contributed by atoms with E-state index in [9.17, 15) is 5.11 Å². The number of phenolic OH excluding ortho intramolecular Hbond substituents is 1. The zero-order valence-electron chi connectivity index (χ0n) is 46.1. The van der Waals surface area contributed by atoms with Crippen molar-refractivity contribution in [2.24, 2.45) is 0 Å². The molecule has 0 radical (unpaired) electrons. The second-order valence-electron chi connectivity index (χ2n) is 19.6. The van der Waals surface area contributed by atoms with Crippen LogP contribution in [0.3, 0.4) is 0 Å². The molecule has 0 atom stereocenters. The van der Waals surface area contributed by atoms with Gasteiger partial charge in [0.05, 0.1) is 28.0 Å².